The fourth-order valence-electron chi connectivity index (χ4n) is 1.58. The van der Waals surface area contributed by atoms with Gasteiger partial charge in [-0.3, -0.25) is 0 Å². The number of halogens is 1. The first-order valence-electron chi connectivity index (χ1n) is 5.45. The molecule has 0 aromatic carbocycles. The molecule has 0 amide bonds. The minimum Gasteiger partial charge on any atom is -0.464 e. The predicted octanol–water partition coefficient (Wildman–Crippen LogP) is 2.35. The third-order valence-corrected chi connectivity index (χ3v) is 5.61. The molecule has 0 spiro atoms. The molecule has 104 valence electrons. The summed E-state index contributed by atoms with van der Waals surface area (Å²) >= 11 is 4.82. The molecular formula is C11H13BrN2O3S2. The summed E-state index contributed by atoms with van der Waals surface area (Å²) in [4.78, 5) is 1.07. The fraction of sp³-hybridized carbons (Fsp3) is 0.273. The molecule has 2 heterocycles. The summed E-state index contributed by atoms with van der Waals surface area (Å²) in [7, 11) is -3.58. The average Bonchev–Trinajstić information content (AvgIpc) is 2.93. The summed E-state index contributed by atoms with van der Waals surface area (Å²) in [5.41, 5.74) is 5.43. The number of nitrogens with one attached hydrogen (secondary N) is 1. The summed E-state index contributed by atoms with van der Waals surface area (Å²) in [6.45, 7) is 2.03. The van der Waals surface area contributed by atoms with Crippen LogP contribution >= 0.6 is 27.3 Å². The van der Waals surface area contributed by atoms with Gasteiger partial charge >= 0.3 is 0 Å². The first-order chi connectivity index (χ1) is 8.92. The molecule has 19 heavy (non-hydrogen) atoms. The zero-order valence-corrected chi connectivity index (χ0v) is 13.4. The van der Waals surface area contributed by atoms with Gasteiger partial charge in [0.2, 0.25) is 10.0 Å². The third kappa shape index (κ3) is 3.46. The molecular weight excluding hydrogens is 352 g/mol. The smallest absolute Gasteiger partial charge is 0.244 e. The van der Waals surface area contributed by atoms with E-state index in [1.165, 1.54) is 17.4 Å². The largest absolute Gasteiger partial charge is 0.464 e. The van der Waals surface area contributed by atoms with E-state index in [-0.39, 0.29) is 18.0 Å². The molecule has 0 unspecified atom stereocenters. The number of aryl methyl sites for hydroxylation is 1. The van der Waals surface area contributed by atoms with Crippen molar-refractivity contribution < 1.29 is 12.8 Å². The van der Waals surface area contributed by atoms with Gasteiger partial charge in [0.15, 0.2) is 0 Å². The number of hydrogen-bond acceptors (Lipinski definition) is 5. The normalized spacial score (nSPS) is 11.9. The van der Waals surface area contributed by atoms with Crippen molar-refractivity contribution in [1.82, 2.24) is 4.72 Å². The van der Waals surface area contributed by atoms with Gasteiger partial charge in [-0.2, -0.15) is 0 Å². The Morgan fingerprint density at radius 1 is 1.47 bits per heavy atom. The van der Waals surface area contributed by atoms with Gasteiger partial charge in [0, 0.05) is 17.5 Å². The van der Waals surface area contributed by atoms with Crippen LogP contribution in [0.15, 0.2) is 31.3 Å². The second-order valence-corrected chi connectivity index (χ2v) is 8.15. The number of thiophene rings is 1. The van der Waals surface area contributed by atoms with Crippen molar-refractivity contribution in [3.8, 4) is 0 Å². The monoisotopic (exact) mass is 364 g/mol. The van der Waals surface area contributed by atoms with Crippen LogP contribution < -0.4 is 10.5 Å². The van der Waals surface area contributed by atoms with Crippen LogP contribution in [0.5, 0.6) is 0 Å². The van der Waals surface area contributed by atoms with Crippen molar-refractivity contribution >= 4 is 37.3 Å². The van der Waals surface area contributed by atoms with E-state index in [1.54, 1.807) is 6.92 Å². The first-order valence-corrected chi connectivity index (χ1v) is 8.55. The van der Waals surface area contributed by atoms with Crippen molar-refractivity contribution in [2.24, 2.45) is 5.73 Å². The number of sulfonamides is 1. The lowest BCUT2D eigenvalue weighted by Crippen LogP contribution is -2.23. The molecule has 2 rings (SSSR count). The Morgan fingerprint density at radius 2 is 2.21 bits per heavy atom. The SMILES string of the molecule is Cc1oc(CN)cc1S(=O)(=O)NCc1ccc(Br)s1. The maximum Gasteiger partial charge on any atom is 0.244 e. The number of rotatable bonds is 5. The molecule has 5 nitrogen and oxygen atoms in total. The Kier molecular flexibility index (Phi) is 4.46. The zero-order chi connectivity index (χ0) is 14.0. The van der Waals surface area contributed by atoms with Crippen molar-refractivity contribution in [2.75, 3.05) is 0 Å². The predicted molar refractivity (Wildman–Crippen MR) is 77.4 cm³/mol. The van der Waals surface area contributed by atoms with E-state index in [4.69, 9.17) is 10.2 Å². The van der Waals surface area contributed by atoms with Crippen LogP contribution in [0.1, 0.15) is 16.4 Å². The minimum absolute atomic E-state index is 0.142. The third-order valence-electron chi connectivity index (χ3n) is 2.48. The highest BCUT2D eigenvalue weighted by atomic mass is 79.9. The van der Waals surface area contributed by atoms with Crippen LogP contribution in [-0.2, 0) is 23.1 Å². The van der Waals surface area contributed by atoms with Crippen LogP contribution in [-0.4, -0.2) is 8.42 Å². The second-order valence-electron chi connectivity index (χ2n) is 3.87. The maximum absolute atomic E-state index is 12.1. The Morgan fingerprint density at radius 3 is 2.74 bits per heavy atom. The Hall–Kier alpha value is -0.670. The lowest BCUT2D eigenvalue weighted by molar-refractivity contribution is 0.478. The highest BCUT2D eigenvalue weighted by Gasteiger charge is 2.21. The molecule has 0 bridgehead atoms. The summed E-state index contributed by atoms with van der Waals surface area (Å²) < 4.78 is 33.1. The molecule has 2 aromatic heterocycles. The van der Waals surface area contributed by atoms with Crippen LogP contribution in [0.25, 0.3) is 0 Å². The Bertz CT molecular complexity index is 676. The Labute approximate surface area is 124 Å². The van der Waals surface area contributed by atoms with Crippen LogP contribution in [0.4, 0.5) is 0 Å². The van der Waals surface area contributed by atoms with Crippen LogP contribution in [0, 0.1) is 6.92 Å². The molecule has 0 aliphatic rings. The van der Waals surface area contributed by atoms with Crippen molar-refractivity contribution in [1.29, 1.82) is 0 Å². The molecule has 0 atom stereocenters. The molecule has 0 aliphatic heterocycles. The molecule has 0 aliphatic carbocycles. The van der Waals surface area contributed by atoms with Gasteiger partial charge < -0.3 is 10.2 Å². The highest BCUT2D eigenvalue weighted by molar-refractivity contribution is 9.11. The molecule has 0 saturated heterocycles. The van der Waals surface area contributed by atoms with E-state index in [2.05, 4.69) is 20.7 Å². The second kappa shape index (κ2) is 5.76. The van der Waals surface area contributed by atoms with Gasteiger partial charge in [-0.1, -0.05) is 0 Å². The standard InChI is InChI=1S/C11H13BrN2O3S2/c1-7-10(4-8(5-13)17-7)19(15,16)14-6-9-2-3-11(12)18-9/h2-4,14H,5-6,13H2,1H3. The molecule has 3 N–H and O–H groups in total. The molecule has 0 fully saturated rings. The van der Waals surface area contributed by atoms with E-state index in [0.29, 0.717) is 11.5 Å². The quantitative estimate of drug-likeness (QED) is 0.852. The van der Waals surface area contributed by atoms with Gasteiger partial charge in [0.25, 0.3) is 0 Å². The number of hydrogen-bond donors (Lipinski definition) is 2. The lowest BCUT2D eigenvalue weighted by atomic mass is 10.4. The summed E-state index contributed by atoms with van der Waals surface area (Å²) in [5.74, 6) is 0.803. The topological polar surface area (TPSA) is 85.3 Å². The van der Waals surface area contributed by atoms with E-state index in [0.717, 1.165) is 8.66 Å². The summed E-state index contributed by atoms with van der Waals surface area (Å²) in [6, 6.07) is 5.21. The van der Waals surface area contributed by atoms with E-state index in [1.807, 2.05) is 12.1 Å². The zero-order valence-electron chi connectivity index (χ0n) is 10.1. The molecule has 2 aromatic rings. The number of nitrogens with two attached hydrogens (primary N) is 1. The van der Waals surface area contributed by atoms with Gasteiger partial charge in [0.05, 0.1) is 10.3 Å². The summed E-state index contributed by atoms with van der Waals surface area (Å²) in [5, 5.41) is 0. The fourth-order valence-corrected chi connectivity index (χ4v) is 4.30. The first kappa shape index (κ1) is 14.7. The van der Waals surface area contributed by atoms with Crippen LogP contribution in [0.2, 0.25) is 0 Å². The van der Waals surface area contributed by atoms with Crippen molar-refractivity contribution in [3.05, 3.63) is 38.4 Å². The van der Waals surface area contributed by atoms with E-state index in [9.17, 15) is 8.42 Å². The van der Waals surface area contributed by atoms with Gasteiger partial charge in [0.1, 0.15) is 16.4 Å². The Balaban J connectivity index is 2.15. The maximum atomic E-state index is 12.1. The average molecular weight is 365 g/mol. The van der Waals surface area contributed by atoms with Gasteiger partial charge in [-0.05, 0) is 35.0 Å². The van der Waals surface area contributed by atoms with Crippen molar-refractivity contribution in [2.45, 2.75) is 24.9 Å². The van der Waals surface area contributed by atoms with Crippen LogP contribution in [0.3, 0.4) is 0 Å². The molecule has 0 radical (unpaired) electrons. The number of furan rings is 1. The molecule has 0 saturated carbocycles. The highest BCUT2D eigenvalue weighted by Crippen LogP contribution is 2.23. The van der Waals surface area contributed by atoms with E-state index < -0.39 is 10.0 Å². The van der Waals surface area contributed by atoms with Gasteiger partial charge in [-0.25, -0.2) is 13.1 Å². The minimum atomic E-state index is -3.58. The lowest BCUT2D eigenvalue weighted by Gasteiger charge is -2.03. The summed E-state index contributed by atoms with van der Waals surface area (Å²) in [6.07, 6.45) is 0. The van der Waals surface area contributed by atoms with Gasteiger partial charge in [-0.15, -0.1) is 11.3 Å². The van der Waals surface area contributed by atoms with Crippen molar-refractivity contribution in [3.63, 3.8) is 0 Å². The molecule has 8 heteroatoms. The van der Waals surface area contributed by atoms with E-state index >= 15 is 0 Å².